The van der Waals surface area contributed by atoms with Crippen LogP contribution in [0.5, 0.6) is 0 Å². The number of benzene rings is 2. The summed E-state index contributed by atoms with van der Waals surface area (Å²) in [6.45, 7) is 0.677. The molecule has 3 rings (SSSR count). The lowest BCUT2D eigenvalue weighted by molar-refractivity contribution is 0.108. The zero-order valence-electron chi connectivity index (χ0n) is 12.1. The molecule has 0 amide bonds. The minimum absolute atomic E-state index is 0.103. The molecular weight excluding hydrogens is 294 g/mol. The summed E-state index contributed by atoms with van der Waals surface area (Å²) in [6, 6.07) is 19.2. The molecule has 1 saturated heterocycles. The van der Waals surface area contributed by atoms with Crippen LogP contribution in [0.2, 0.25) is 0 Å². The van der Waals surface area contributed by atoms with E-state index < -0.39 is 0 Å². The van der Waals surface area contributed by atoms with Crippen LogP contribution < -0.4 is 0 Å². The van der Waals surface area contributed by atoms with E-state index in [0.717, 1.165) is 23.6 Å². The molecule has 0 N–H and O–H groups in total. The monoisotopic (exact) mass is 311 g/mol. The molecule has 22 heavy (non-hydrogen) atoms. The van der Waals surface area contributed by atoms with Crippen molar-refractivity contribution in [2.45, 2.75) is 6.42 Å². The molecule has 1 aliphatic heterocycles. The van der Waals surface area contributed by atoms with E-state index in [1.807, 2.05) is 60.7 Å². The van der Waals surface area contributed by atoms with E-state index in [2.05, 4.69) is 4.99 Å². The number of carbonyl (C=O) groups is 1. The molecule has 2 aromatic rings. The van der Waals surface area contributed by atoms with Gasteiger partial charge in [-0.05, 0) is 18.6 Å². The third kappa shape index (κ3) is 3.77. The van der Waals surface area contributed by atoms with Gasteiger partial charge in [-0.2, -0.15) is 0 Å². The first kappa shape index (κ1) is 14.9. The molecule has 1 aliphatic rings. The Morgan fingerprint density at radius 1 is 1.09 bits per heavy atom. The summed E-state index contributed by atoms with van der Waals surface area (Å²) in [5.74, 6) is 1.66. The van der Waals surface area contributed by atoms with E-state index in [-0.39, 0.29) is 11.0 Å². The van der Waals surface area contributed by atoms with Gasteiger partial charge >= 0.3 is 0 Å². The quantitative estimate of drug-likeness (QED) is 0.843. The second kappa shape index (κ2) is 7.27. The first-order valence-electron chi connectivity index (χ1n) is 7.31. The number of nitrogens with zero attached hydrogens (tertiary/aromatic N) is 1. The molecule has 0 aromatic heterocycles. The van der Waals surface area contributed by atoms with Crippen LogP contribution in [0, 0.1) is 5.92 Å². The lowest BCUT2D eigenvalue weighted by Gasteiger charge is -2.08. The summed E-state index contributed by atoms with van der Waals surface area (Å²) in [4.78, 5) is 16.7. The summed E-state index contributed by atoms with van der Waals surface area (Å²) in [5.41, 5.74) is 1.64. The highest BCUT2D eigenvalue weighted by molar-refractivity contribution is 8.14. The molecule has 0 unspecified atom stereocenters. The zero-order chi connectivity index (χ0) is 15.2. The molecule has 1 atom stereocenters. The fourth-order valence-electron chi connectivity index (χ4n) is 2.29. The minimum Gasteiger partial charge on any atom is -0.480 e. The van der Waals surface area contributed by atoms with Crippen LogP contribution in [0.25, 0.3) is 0 Å². The van der Waals surface area contributed by atoms with Gasteiger partial charge in [0.15, 0.2) is 5.90 Å². The van der Waals surface area contributed by atoms with E-state index in [9.17, 15) is 4.79 Å². The van der Waals surface area contributed by atoms with Gasteiger partial charge in [0.2, 0.25) is 5.12 Å². The third-order valence-electron chi connectivity index (χ3n) is 3.49. The molecule has 0 bridgehead atoms. The fourth-order valence-corrected chi connectivity index (χ4v) is 3.25. The largest absolute Gasteiger partial charge is 0.480 e. The van der Waals surface area contributed by atoms with Crippen molar-refractivity contribution in [2.24, 2.45) is 10.9 Å². The Morgan fingerprint density at radius 2 is 1.77 bits per heavy atom. The molecule has 112 valence electrons. The van der Waals surface area contributed by atoms with Crippen molar-refractivity contribution in [1.82, 2.24) is 0 Å². The van der Waals surface area contributed by atoms with Gasteiger partial charge in [-0.1, -0.05) is 60.3 Å². The molecule has 4 heteroatoms. The first-order valence-corrected chi connectivity index (χ1v) is 8.30. The van der Waals surface area contributed by atoms with Gasteiger partial charge in [0.1, 0.15) is 0 Å². The Balaban J connectivity index is 1.62. The van der Waals surface area contributed by atoms with Crippen LogP contribution in [0.15, 0.2) is 65.7 Å². The van der Waals surface area contributed by atoms with Crippen LogP contribution >= 0.6 is 11.8 Å². The summed E-state index contributed by atoms with van der Waals surface area (Å²) < 4.78 is 5.63. The second-order valence-electron chi connectivity index (χ2n) is 5.08. The van der Waals surface area contributed by atoms with Gasteiger partial charge in [0, 0.05) is 17.2 Å². The van der Waals surface area contributed by atoms with Crippen molar-refractivity contribution in [2.75, 3.05) is 12.4 Å². The van der Waals surface area contributed by atoms with E-state index in [0.29, 0.717) is 12.4 Å². The molecule has 0 saturated carbocycles. The van der Waals surface area contributed by atoms with Crippen LogP contribution in [0.3, 0.4) is 0 Å². The van der Waals surface area contributed by atoms with Gasteiger partial charge in [-0.15, -0.1) is 0 Å². The molecule has 3 nitrogen and oxygen atoms in total. The summed E-state index contributed by atoms with van der Waals surface area (Å²) >= 11 is 1.34. The van der Waals surface area contributed by atoms with Crippen LogP contribution in [0.1, 0.15) is 16.8 Å². The van der Waals surface area contributed by atoms with Gasteiger partial charge in [0.25, 0.3) is 0 Å². The van der Waals surface area contributed by atoms with Gasteiger partial charge in [-0.3, -0.25) is 4.79 Å². The van der Waals surface area contributed by atoms with E-state index in [1.54, 1.807) is 0 Å². The maximum absolute atomic E-state index is 12.1. The molecular formula is C18H17NO2S. The number of rotatable bonds is 4. The SMILES string of the molecule is O=C(SC[C@@H]1CCOC1=Nc1ccccc1)c1ccccc1. The Hall–Kier alpha value is -2.07. The average molecular weight is 311 g/mol. The fraction of sp³-hybridized carbons (Fsp3) is 0.222. The lowest BCUT2D eigenvalue weighted by Crippen LogP contribution is -2.12. The number of hydrogen-bond acceptors (Lipinski definition) is 4. The van der Waals surface area contributed by atoms with Crippen molar-refractivity contribution >= 4 is 28.5 Å². The Kier molecular flexibility index (Phi) is 4.91. The Bertz CT molecular complexity index is 655. The van der Waals surface area contributed by atoms with Crippen molar-refractivity contribution < 1.29 is 9.53 Å². The average Bonchev–Trinajstić information content (AvgIpc) is 3.01. The predicted octanol–water partition coefficient (Wildman–Crippen LogP) is 4.33. The van der Waals surface area contributed by atoms with Crippen molar-refractivity contribution in [3.63, 3.8) is 0 Å². The molecule has 2 aromatic carbocycles. The molecule has 0 aliphatic carbocycles. The molecule has 1 heterocycles. The minimum atomic E-state index is 0.103. The first-order chi connectivity index (χ1) is 10.8. The Labute approximate surface area is 134 Å². The second-order valence-corrected chi connectivity index (χ2v) is 6.08. The van der Waals surface area contributed by atoms with Crippen LogP contribution in [-0.4, -0.2) is 23.4 Å². The number of thioether (sulfide) groups is 1. The van der Waals surface area contributed by atoms with Crippen molar-refractivity contribution in [1.29, 1.82) is 0 Å². The van der Waals surface area contributed by atoms with Gasteiger partial charge in [-0.25, -0.2) is 4.99 Å². The van der Waals surface area contributed by atoms with Crippen molar-refractivity contribution in [3.05, 3.63) is 66.2 Å². The summed E-state index contributed by atoms with van der Waals surface area (Å²) in [5, 5.41) is 0.103. The summed E-state index contributed by atoms with van der Waals surface area (Å²) in [6.07, 6.45) is 0.917. The topological polar surface area (TPSA) is 38.7 Å². The standard InChI is InChI=1S/C18H17NO2S/c20-18(14-7-3-1-4-8-14)22-13-15-11-12-21-17(15)19-16-9-5-2-6-10-16/h1-10,15H,11-13H2/t15-/m0/s1. The lowest BCUT2D eigenvalue weighted by atomic mass is 10.1. The van der Waals surface area contributed by atoms with E-state index in [4.69, 9.17) is 4.74 Å². The maximum atomic E-state index is 12.1. The molecule has 0 spiro atoms. The number of carbonyl (C=O) groups excluding carboxylic acids is 1. The van der Waals surface area contributed by atoms with Gasteiger partial charge in [0.05, 0.1) is 12.3 Å². The number of aliphatic imine (C=N–C) groups is 1. The highest BCUT2D eigenvalue weighted by Gasteiger charge is 2.25. The number of para-hydroxylation sites is 1. The predicted molar refractivity (Wildman–Crippen MR) is 90.8 cm³/mol. The zero-order valence-corrected chi connectivity index (χ0v) is 13.0. The normalized spacial score (nSPS) is 19.1. The highest BCUT2D eigenvalue weighted by Crippen LogP contribution is 2.25. The van der Waals surface area contributed by atoms with Crippen molar-refractivity contribution in [3.8, 4) is 0 Å². The summed E-state index contributed by atoms with van der Waals surface area (Å²) in [7, 11) is 0. The highest BCUT2D eigenvalue weighted by atomic mass is 32.2. The smallest absolute Gasteiger partial charge is 0.219 e. The Morgan fingerprint density at radius 3 is 2.50 bits per heavy atom. The van der Waals surface area contributed by atoms with E-state index >= 15 is 0 Å². The maximum Gasteiger partial charge on any atom is 0.219 e. The van der Waals surface area contributed by atoms with E-state index in [1.165, 1.54) is 11.8 Å². The van der Waals surface area contributed by atoms with Gasteiger partial charge < -0.3 is 4.74 Å². The molecule has 0 radical (unpaired) electrons. The van der Waals surface area contributed by atoms with Crippen LogP contribution in [0.4, 0.5) is 5.69 Å². The third-order valence-corrected chi connectivity index (χ3v) is 4.55. The van der Waals surface area contributed by atoms with Crippen LogP contribution in [-0.2, 0) is 4.74 Å². The number of ether oxygens (including phenoxy) is 1. The molecule has 1 fully saturated rings. The number of hydrogen-bond donors (Lipinski definition) is 0.